The van der Waals surface area contributed by atoms with Crippen molar-refractivity contribution in [1.82, 2.24) is 15.0 Å². The van der Waals surface area contributed by atoms with Gasteiger partial charge in [0.15, 0.2) is 36.3 Å². The quantitative estimate of drug-likeness (QED) is 0.0274. The summed E-state index contributed by atoms with van der Waals surface area (Å²) >= 11 is 0. The van der Waals surface area contributed by atoms with E-state index in [-0.39, 0.29) is 90.5 Å². The number of unbranched alkanes of at least 4 members (excludes halogenated alkanes) is 3. The molecular formula is C42H57N3O12. The number of rotatable bonds is 27. The molecule has 1 heterocycles. The highest BCUT2D eigenvalue weighted by molar-refractivity contribution is 5.74. The topological polar surface area (TPSA) is 215 Å². The molecule has 6 N–H and O–H groups in total. The van der Waals surface area contributed by atoms with E-state index in [1.165, 1.54) is 18.2 Å². The second-order valence-corrected chi connectivity index (χ2v) is 13.3. The summed E-state index contributed by atoms with van der Waals surface area (Å²) in [7, 11) is 0. The Morgan fingerprint density at radius 2 is 0.719 bits per heavy atom. The highest BCUT2D eigenvalue weighted by Gasteiger charge is 2.20. The summed E-state index contributed by atoms with van der Waals surface area (Å²) in [6.07, 6.45) is 3.19. The van der Waals surface area contributed by atoms with Gasteiger partial charge in [0.2, 0.25) is 0 Å². The summed E-state index contributed by atoms with van der Waals surface area (Å²) < 4.78 is 33.3. The van der Waals surface area contributed by atoms with Gasteiger partial charge in [0.25, 0.3) is 0 Å². The number of phenolic OH excluding ortho intramolecular Hbond substituents is 3. The van der Waals surface area contributed by atoms with Crippen LogP contribution in [0.5, 0.6) is 34.5 Å². The first-order valence-electron chi connectivity index (χ1n) is 19.6. The maximum absolute atomic E-state index is 11.1. The zero-order chi connectivity index (χ0) is 41.0. The van der Waals surface area contributed by atoms with E-state index < -0.39 is 18.9 Å². The number of hydrogen-bond acceptors (Lipinski definition) is 15. The van der Waals surface area contributed by atoms with Gasteiger partial charge in [0, 0.05) is 57.3 Å². The van der Waals surface area contributed by atoms with E-state index in [0.717, 1.165) is 38.5 Å². The SMILES string of the molecule is CCCCOC(O)CCOc1ccc(-c2nc(-c3ccc(OCCC(O)OCCCC)cc3O)nc(-c3ccc(OCCC(O)OCCCC)cc3O)n2)c(O)c1. The van der Waals surface area contributed by atoms with Crippen molar-refractivity contribution in [2.45, 2.75) is 97.4 Å². The first kappa shape index (κ1) is 44.9. The van der Waals surface area contributed by atoms with Gasteiger partial charge in [-0.1, -0.05) is 40.0 Å². The number of aromatic hydroxyl groups is 3. The maximum Gasteiger partial charge on any atom is 0.167 e. The Morgan fingerprint density at radius 1 is 0.439 bits per heavy atom. The van der Waals surface area contributed by atoms with Crippen LogP contribution < -0.4 is 14.2 Å². The minimum absolute atomic E-state index is 0.0346. The van der Waals surface area contributed by atoms with Crippen molar-refractivity contribution in [3.05, 3.63) is 54.6 Å². The van der Waals surface area contributed by atoms with Crippen molar-refractivity contribution in [3.8, 4) is 68.7 Å². The molecule has 3 unspecified atom stereocenters. The van der Waals surface area contributed by atoms with Gasteiger partial charge in [0.05, 0.1) is 36.5 Å². The zero-order valence-electron chi connectivity index (χ0n) is 33.0. The molecule has 0 aliphatic rings. The first-order valence-corrected chi connectivity index (χ1v) is 19.6. The lowest BCUT2D eigenvalue weighted by Gasteiger charge is -2.15. The van der Waals surface area contributed by atoms with E-state index in [2.05, 4.69) is 15.0 Å². The lowest BCUT2D eigenvalue weighted by molar-refractivity contribution is -0.108. The minimum atomic E-state index is -0.966. The van der Waals surface area contributed by atoms with Gasteiger partial charge in [-0.3, -0.25) is 0 Å². The number of aliphatic hydroxyl groups excluding tert-OH is 3. The van der Waals surface area contributed by atoms with Crippen molar-refractivity contribution in [3.63, 3.8) is 0 Å². The molecule has 0 bridgehead atoms. The lowest BCUT2D eigenvalue weighted by atomic mass is 10.1. The molecule has 57 heavy (non-hydrogen) atoms. The third-order valence-corrected chi connectivity index (χ3v) is 8.59. The van der Waals surface area contributed by atoms with Crippen molar-refractivity contribution in [1.29, 1.82) is 0 Å². The molecule has 0 spiro atoms. The van der Waals surface area contributed by atoms with Crippen LogP contribution >= 0.6 is 0 Å². The number of benzene rings is 3. The highest BCUT2D eigenvalue weighted by atomic mass is 16.6. The van der Waals surface area contributed by atoms with E-state index in [1.807, 2.05) is 20.8 Å². The lowest BCUT2D eigenvalue weighted by Crippen LogP contribution is -2.16. The smallest absolute Gasteiger partial charge is 0.167 e. The molecule has 15 heteroatoms. The molecule has 312 valence electrons. The number of ether oxygens (including phenoxy) is 6. The van der Waals surface area contributed by atoms with E-state index in [1.54, 1.807) is 36.4 Å². The van der Waals surface area contributed by atoms with Gasteiger partial charge < -0.3 is 59.1 Å². The number of nitrogens with zero attached hydrogens (tertiary/aromatic N) is 3. The predicted molar refractivity (Wildman–Crippen MR) is 212 cm³/mol. The number of aromatic nitrogens is 3. The monoisotopic (exact) mass is 795 g/mol. The fourth-order valence-electron chi connectivity index (χ4n) is 5.28. The molecule has 0 aliphatic heterocycles. The van der Waals surface area contributed by atoms with Crippen molar-refractivity contribution < 1.29 is 59.1 Å². The Labute approximate surface area is 333 Å². The molecular weight excluding hydrogens is 738 g/mol. The maximum atomic E-state index is 11.1. The van der Waals surface area contributed by atoms with E-state index in [0.29, 0.717) is 37.1 Å². The molecule has 3 atom stereocenters. The van der Waals surface area contributed by atoms with Crippen LogP contribution in [0.1, 0.15) is 78.6 Å². The molecule has 3 aromatic carbocycles. The minimum Gasteiger partial charge on any atom is -0.507 e. The molecule has 0 amide bonds. The standard InChI is InChI=1S/C42H57N3O12/c1-4-7-19-55-37(49)16-22-52-28-10-13-31(34(46)25-28)40-43-41(32-14-11-29(26-35(32)47)53-23-17-38(50)56-20-8-5-2)45-42(44-40)33-15-12-30(27-36(33)48)54-24-18-39(51)57-21-9-6-3/h10-15,25-27,37-39,46-51H,4-9,16-24H2,1-3H3. The van der Waals surface area contributed by atoms with Gasteiger partial charge in [-0.2, -0.15) is 0 Å². The average Bonchev–Trinajstić information content (AvgIpc) is 3.18. The summed E-state index contributed by atoms with van der Waals surface area (Å²) in [4.78, 5) is 13.8. The number of aliphatic hydroxyl groups is 3. The van der Waals surface area contributed by atoms with E-state index in [4.69, 9.17) is 28.4 Å². The zero-order valence-corrected chi connectivity index (χ0v) is 33.0. The van der Waals surface area contributed by atoms with Gasteiger partial charge in [-0.15, -0.1) is 0 Å². The van der Waals surface area contributed by atoms with Gasteiger partial charge in [-0.25, -0.2) is 15.0 Å². The van der Waals surface area contributed by atoms with Gasteiger partial charge in [0.1, 0.15) is 34.5 Å². The van der Waals surface area contributed by atoms with Crippen LogP contribution in [0.2, 0.25) is 0 Å². The van der Waals surface area contributed by atoms with E-state index in [9.17, 15) is 30.6 Å². The van der Waals surface area contributed by atoms with Crippen molar-refractivity contribution in [2.24, 2.45) is 0 Å². The van der Waals surface area contributed by atoms with Gasteiger partial charge in [-0.05, 0) is 55.7 Å². The van der Waals surface area contributed by atoms with Crippen LogP contribution in [-0.4, -0.2) is 104 Å². The summed E-state index contributed by atoms with van der Waals surface area (Å²) in [6.45, 7) is 7.89. The second-order valence-electron chi connectivity index (χ2n) is 13.3. The summed E-state index contributed by atoms with van der Waals surface area (Å²) in [5, 5.41) is 63.5. The summed E-state index contributed by atoms with van der Waals surface area (Å²) in [5.74, 6) is 0.496. The van der Waals surface area contributed by atoms with Crippen LogP contribution in [0.4, 0.5) is 0 Å². The van der Waals surface area contributed by atoms with Gasteiger partial charge >= 0.3 is 0 Å². The highest BCUT2D eigenvalue weighted by Crippen LogP contribution is 2.38. The fourth-order valence-corrected chi connectivity index (χ4v) is 5.28. The Balaban J connectivity index is 1.57. The van der Waals surface area contributed by atoms with Crippen LogP contribution in [0, 0.1) is 0 Å². The fraction of sp³-hybridized carbons (Fsp3) is 0.500. The molecule has 4 aromatic rings. The molecule has 4 rings (SSSR count). The Hall–Kier alpha value is -4.77. The summed E-state index contributed by atoms with van der Waals surface area (Å²) in [5.41, 5.74) is 0.649. The normalized spacial score (nSPS) is 12.9. The number of hydrogen-bond donors (Lipinski definition) is 6. The molecule has 1 aromatic heterocycles. The third-order valence-electron chi connectivity index (χ3n) is 8.59. The van der Waals surface area contributed by atoms with Crippen molar-refractivity contribution >= 4 is 0 Å². The largest absolute Gasteiger partial charge is 0.507 e. The Bertz CT molecular complexity index is 1580. The average molecular weight is 796 g/mol. The Kier molecular flexibility index (Phi) is 19.0. The Morgan fingerprint density at radius 3 is 0.965 bits per heavy atom. The molecule has 0 saturated carbocycles. The van der Waals surface area contributed by atoms with Crippen molar-refractivity contribution in [2.75, 3.05) is 39.6 Å². The van der Waals surface area contributed by atoms with Crippen LogP contribution in [0.3, 0.4) is 0 Å². The predicted octanol–water partition coefficient (Wildman–Crippen LogP) is 6.70. The third kappa shape index (κ3) is 14.9. The summed E-state index contributed by atoms with van der Waals surface area (Å²) in [6, 6.07) is 13.7. The molecule has 0 radical (unpaired) electrons. The first-order chi connectivity index (χ1) is 27.6. The molecule has 0 saturated heterocycles. The molecule has 0 fully saturated rings. The second kappa shape index (κ2) is 24.1. The molecule has 15 nitrogen and oxygen atoms in total. The van der Waals surface area contributed by atoms with Crippen LogP contribution in [0.15, 0.2) is 54.6 Å². The van der Waals surface area contributed by atoms with Crippen LogP contribution in [-0.2, 0) is 14.2 Å². The van der Waals surface area contributed by atoms with E-state index >= 15 is 0 Å². The molecule has 0 aliphatic carbocycles. The number of phenols is 3. The van der Waals surface area contributed by atoms with Crippen LogP contribution in [0.25, 0.3) is 34.2 Å².